The van der Waals surface area contributed by atoms with Crippen LogP contribution in [0.5, 0.6) is 0 Å². The average molecular weight is 211 g/mol. The number of aryl methyl sites for hydroxylation is 1. The Balaban J connectivity index is 2.32. The molecule has 0 atom stereocenters. The molecule has 2 rings (SSSR count). The van der Waals surface area contributed by atoms with Crippen LogP contribution >= 0.6 is 0 Å². The van der Waals surface area contributed by atoms with Crippen molar-refractivity contribution < 1.29 is 4.79 Å². The highest BCUT2D eigenvalue weighted by molar-refractivity contribution is 6.03. The van der Waals surface area contributed by atoms with E-state index in [4.69, 9.17) is 0 Å². The summed E-state index contributed by atoms with van der Waals surface area (Å²) >= 11 is 0. The number of hydrogen-bond donors (Lipinski definition) is 0. The SMILES string of the molecule is CC(=O)C1=C/C(=C\c2ccccc2C)C=N1. The number of benzene rings is 1. The van der Waals surface area contributed by atoms with Crippen molar-refractivity contribution >= 4 is 18.1 Å². The molecule has 0 bridgehead atoms. The van der Waals surface area contributed by atoms with Gasteiger partial charge < -0.3 is 0 Å². The summed E-state index contributed by atoms with van der Waals surface area (Å²) in [7, 11) is 0. The summed E-state index contributed by atoms with van der Waals surface area (Å²) in [6.07, 6.45) is 5.58. The van der Waals surface area contributed by atoms with Gasteiger partial charge in [0.25, 0.3) is 0 Å². The average Bonchev–Trinajstić information content (AvgIpc) is 2.70. The molecule has 1 aromatic rings. The summed E-state index contributed by atoms with van der Waals surface area (Å²) < 4.78 is 0. The van der Waals surface area contributed by atoms with Crippen LogP contribution in [0.3, 0.4) is 0 Å². The lowest BCUT2D eigenvalue weighted by Crippen LogP contribution is -1.89. The quantitative estimate of drug-likeness (QED) is 0.739. The molecule has 0 N–H and O–H groups in total. The fraction of sp³-hybridized carbons (Fsp3) is 0.143. The van der Waals surface area contributed by atoms with Crippen molar-refractivity contribution in [3.63, 3.8) is 0 Å². The zero-order valence-electron chi connectivity index (χ0n) is 9.40. The standard InChI is InChI=1S/C14H13NO/c1-10-5-3-4-6-13(10)7-12-8-14(11(2)16)15-9-12/h3-9H,1-2H3/b12-7+. The van der Waals surface area contributed by atoms with Crippen LogP contribution in [0.25, 0.3) is 6.08 Å². The molecule has 0 saturated carbocycles. The van der Waals surface area contributed by atoms with Crippen LogP contribution in [0.4, 0.5) is 0 Å². The molecule has 16 heavy (non-hydrogen) atoms. The predicted octanol–water partition coefficient (Wildman–Crippen LogP) is 2.94. The van der Waals surface area contributed by atoms with E-state index in [0.717, 1.165) is 11.1 Å². The molecule has 0 aliphatic carbocycles. The molecule has 1 aliphatic rings. The molecule has 80 valence electrons. The normalized spacial score (nSPS) is 16.6. The van der Waals surface area contributed by atoms with Gasteiger partial charge in [-0.25, -0.2) is 0 Å². The maximum Gasteiger partial charge on any atom is 0.178 e. The van der Waals surface area contributed by atoms with Crippen LogP contribution in [0.2, 0.25) is 0 Å². The molecule has 0 fully saturated rings. The van der Waals surface area contributed by atoms with Crippen LogP contribution in [0, 0.1) is 6.92 Å². The van der Waals surface area contributed by atoms with Gasteiger partial charge in [-0.1, -0.05) is 24.3 Å². The third-order valence-electron chi connectivity index (χ3n) is 2.53. The number of aliphatic imine (C=N–C) groups is 1. The maximum absolute atomic E-state index is 11.1. The van der Waals surface area contributed by atoms with Gasteiger partial charge in [-0.15, -0.1) is 0 Å². The first kappa shape index (κ1) is 10.6. The van der Waals surface area contributed by atoms with E-state index in [-0.39, 0.29) is 5.78 Å². The van der Waals surface area contributed by atoms with E-state index in [1.54, 1.807) is 6.21 Å². The monoisotopic (exact) mass is 211 g/mol. The Morgan fingerprint density at radius 1 is 1.31 bits per heavy atom. The van der Waals surface area contributed by atoms with Crippen molar-refractivity contribution in [1.82, 2.24) is 0 Å². The summed E-state index contributed by atoms with van der Waals surface area (Å²) in [4.78, 5) is 15.2. The van der Waals surface area contributed by atoms with E-state index in [9.17, 15) is 4.79 Å². The van der Waals surface area contributed by atoms with E-state index in [1.165, 1.54) is 12.5 Å². The van der Waals surface area contributed by atoms with Gasteiger partial charge in [0.05, 0.1) is 0 Å². The first-order valence-electron chi connectivity index (χ1n) is 5.21. The number of rotatable bonds is 2. The molecule has 2 nitrogen and oxygen atoms in total. The van der Waals surface area contributed by atoms with Gasteiger partial charge in [0, 0.05) is 13.1 Å². The first-order valence-corrected chi connectivity index (χ1v) is 5.21. The first-order chi connectivity index (χ1) is 7.66. The van der Waals surface area contributed by atoms with E-state index in [0.29, 0.717) is 5.70 Å². The van der Waals surface area contributed by atoms with Crippen molar-refractivity contribution in [2.75, 3.05) is 0 Å². The van der Waals surface area contributed by atoms with E-state index < -0.39 is 0 Å². The number of carbonyl (C=O) groups excluding carboxylic acids is 1. The van der Waals surface area contributed by atoms with Crippen molar-refractivity contribution in [2.45, 2.75) is 13.8 Å². The zero-order chi connectivity index (χ0) is 11.5. The lowest BCUT2D eigenvalue weighted by Gasteiger charge is -1.98. The van der Waals surface area contributed by atoms with Crippen molar-refractivity contribution in [1.29, 1.82) is 0 Å². The summed E-state index contributed by atoms with van der Waals surface area (Å²) in [5.74, 6) is 0.00411. The molecular formula is C14H13NO. The molecule has 0 spiro atoms. The van der Waals surface area contributed by atoms with Gasteiger partial charge in [0.15, 0.2) is 5.78 Å². The Morgan fingerprint density at radius 3 is 2.69 bits per heavy atom. The fourth-order valence-electron chi connectivity index (χ4n) is 1.58. The van der Waals surface area contributed by atoms with Gasteiger partial charge >= 0.3 is 0 Å². The third kappa shape index (κ3) is 2.16. The lowest BCUT2D eigenvalue weighted by atomic mass is 10.1. The van der Waals surface area contributed by atoms with E-state index in [1.807, 2.05) is 24.3 Å². The molecule has 0 aromatic heterocycles. The van der Waals surface area contributed by atoms with Crippen molar-refractivity contribution in [3.05, 3.63) is 52.7 Å². The maximum atomic E-state index is 11.1. The number of hydrogen-bond acceptors (Lipinski definition) is 2. The minimum atomic E-state index is 0.00411. The predicted molar refractivity (Wildman–Crippen MR) is 66.4 cm³/mol. The summed E-state index contributed by atoms with van der Waals surface area (Å²) in [6.45, 7) is 3.59. The van der Waals surface area contributed by atoms with Crippen LogP contribution < -0.4 is 0 Å². The Labute approximate surface area is 95.0 Å². The number of nitrogens with zero attached hydrogens (tertiary/aromatic N) is 1. The van der Waals surface area contributed by atoms with Gasteiger partial charge in [-0.05, 0) is 35.8 Å². The molecule has 0 saturated heterocycles. The van der Waals surface area contributed by atoms with Crippen LogP contribution in [0.1, 0.15) is 18.1 Å². The molecule has 0 amide bonds. The highest BCUT2D eigenvalue weighted by atomic mass is 16.1. The second kappa shape index (κ2) is 4.27. The highest BCUT2D eigenvalue weighted by Gasteiger charge is 2.08. The molecule has 2 heteroatoms. The lowest BCUT2D eigenvalue weighted by molar-refractivity contribution is -0.113. The fourth-order valence-corrected chi connectivity index (χ4v) is 1.58. The summed E-state index contributed by atoms with van der Waals surface area (Å²) in [5, 5.41) is 0. The third-order valence-corrected chi connectivity index (χ3v) is 2.53. The molecule has 1 aliphatic heterocycles. The number of allylic oxidation sites excluding steroid dienone is 3. The number of carbonyl (C=O) groups is 1. The Hall–Kier alpha value is -1.96. The molecule has 0 unspecified atom stereocenters. The second-order valence-electron chi connectivity index (χ2n) is 3.84. The van der Waals surface area contributed by atoms with Gasteiger partial charge in [0.2, 0.25) is 0 Å². The largest absolute Gasteiger partial charge is 0.293 e. The van der Waals surface area contributed by atoms with Crippen molar-refractivity contribution in [2.24, 2.45) is 4.99 Å². The second-order valence-corrected chi connectivity index (χ2v) is 3.84. The Kier molecular flexibility index (Phi) is 2.82. The van der Waals surface area contributed by atoms with Crippen LogP contribution in [-0.2, 0) is 4.79 Å². The van der Waals surface area contributed by atoms with Crippen molar-refractivity contribution in [3.8, 4) is 0 Å². The minimum absolute atomic E-state index is 0.00411. The summed E-state index contributed by atoms with van der Waals surface area (Å²) in [6, 6.07) is 8.13. The van der Waals surface area contributed by atoms with Gasteiger partial charge in [-0.3, -0.25) is 9.79 Å². The van der Waals surface area contributed by atoms with Crippen LogP contribution in [-0.4, -0.2) is 12.0 Å². The van der Waals surface area contributed by atoms with E-state index >= 15 is 0 Å². The number of ketones is 1. The summed E-state index contributed by atoms with van der Waals surface area (Å²) in [5.41, 5.74) is 3.87. The Bertz CT molecular complexity index is 521. The number of Topliss-reactive ketones (excluding diaryl/α,β-unsaturated/α-hetero) is 1. The zero-order valence-corrected chi connectivity index (χ0v) is 9.40. The Morgan fingerprint density at radius 2 is 2.06 bits per heavy atom. The smallest absolute Gasteiger partial charge is 0.178 e. The topological polar surface area (TPSA) is 29.4 Å². The molecular weight excluding hydrogens is 198 g/mol. The highest BCUT2D eigenvalue weighted by Crippen LogP contribution is 2.17. The van der Waals surface area contributed by atoms with E-state index in [2.05, 4.69) is 24.0 Å². The minimum Gasteiger partial charge on any atom is -0.293 e. The van der Waals surface area contributed by atoms with Gasteiger partial charge in [0.1, 0.15) is 5.70 Å². The molecule has 1 heterocycles. The van der Waals surface area contributed by atoms with Gasteiger partial charge in [-0.2, -0.15) is 0 Å². The van der Waals surface area contributed by atoms with Crippen LogP contribution in [0.15, 0.2) is 46.6 Å². The molecule has 0 radical (unpaired) electrons. The molecule has 1 aromatic carbocycles.